The minimum Gasteiger partial charge on any atom is -0.313 e. The highest BCUT2D eigenvalue weighted by Crippen LogP contribution is 2.16. The lowest BCUT2D eigenvalue weighted by molar-refractivity contribution is 0.619. The summed E-state index contributed by atoms with van der Waals surface area (Å²) in [4.78, 5) is 0. The summed E-state index contributed by atoms with van der Waals surface area (Å²) >= 11 is 3.32. The quantitative estimate of drug-likeness (QED) is 0.940. The highest BCUT2D eigenvalue weighted by Gasteiger charge is 2.04. The molecule has 1 aromatic carbocycles. The summed E-state index contributed by atoms with van der Waals surface area (Å²) in [5.74, 6) is -0.248. The Balaban J connectivity index is 2.31. The van der Waals surface area contributed by atoms with Crippen molar-refractivity contribution in [2.75, 3.05) is 6.54 Å². The first kappa shape index (κ1) is 12.3. The monoisotopic (exact) mass is 297 g/mol. The molecule has 90 valence electrons. The standard InChI is InChI=1S/C12H13BrFN3/c1-2-15-6-9-3-11(14)5-12(4-9)17-8-10(13)7-16-17/h3-5,7-8,15H,2,6H2,1H3. The number of halogens is 2. The van der Waals surface area contributed by atoms with Crippen LogP contribution in [0.4, 0.5) is 4.39 Å². The molecule has 0 unspecified atom stereocenters. The van der Waals surface area contributed by atoms with Gasteiger partial charge in [-0.05, 0) is 46.2 Å². The minimum absolute atomic E-state index is 0.248. The molecule has 0 saturated carbocycles. The van der Waals surface area contributed by atoms with E-state index in [1.165, 1.54) is 12.1 Å². The third-order valence-corrected chi connectivity index (χ3v) is 2.75. The first-order valence-corrected chi connectivity index (χ1v) is 6.19. The van der Waals surface area contributed by atoms with Crippen LogP contribution >= 0.6 is 15.9 Å². The second kappa shape index (κ2) is 5.42. The number of rotatable bonds is 4. The number of benzene rings is 1. The fourth-order valence-electron chi connectivity index (χ4n) is 1.58. The molecule has 1 heterocycles. The van der Waals surface area contributed by atoms with Crippen LogP contribution in [0.1, 0.15) is 12.5 Å². The number of aromatic nitrogens is 2. The topological polar surface area (TPSA) is 29.9 Å². The Morgan fingerprint density at radius 1 is 1.41 bits per heavy atom. The fourth-order valence-corrected chi connectivity index (χ4v) is 1.86. The van der Waals surface area contributed by atoms with Gasteiger partial charge in [-0.2, -0.15) is 5.10 Å². The molecule has 0 spiro atoms. The summed E-state index contributed by atoms with van der Waals surface area (Å²) < 4.78 is 16.0. The average molecular weight is 298 g/mol. The van der Waals surface area contributed by atoms with E-state index >= 15 is 0 Å². The second-order valence-corrected chi connectivity index (χ2v) is 4.62. The van der Waals surface area contributed by atoms with Crippen LogP contribution < -0.4 is 5.32 Å². The number of hydrogen-bond donors (Lipinski definition) is 1. The molecule has 3 nitrogen and oxygen atoms in total. The molecule has 2 rings (SSSR count). The molecule has 1 aromatic heterocycles. The zero-order chi connectivity index (χ0) is 12.3. The largest absolute Gasteiger partial charge is 0.313 e. The zero-order valence-corrected chi connectivity index (χ0v) is 11.0. The Labute approximate surface area is 108 Å². The summed E-state index contributed by atoms with van der Waals surface area (Å²) in [5.41, 5.74) is 1.64. The van der Waals surface area contributed by atoms with E-state index in [9.17, 15) is 4.39 Å². The Morgan fingerprint density at radius 2 is 2.24 bits per heavy atom. The third-order valence-electron chi connectivity index (χ3n) is 2.34. The van der Waals surface area contributed by atoms with Crippen LogP contribution in [0.15, 0.2) is 35.1 Å². The van der Waals surface area contributed by atoms with Crippen molar-refractivity contribution in [2.24, 2.45) is 0 Å². The van der Waals surface area contributed by atoms with E-state index in [1.54, 1.807) is 17.1 Å². The molecule has 0 fully saturated rings. The smallest absolute Gasteiger partial charge is 0.125 e. The minimum atomic E-state index is -0.248. The molecule has 0 aliphatic rings. The van der Waals surface area contributed by atoms with Gasteiger partial charge in [0.2, 0.25) is 0 Å². The van der Waals surface area contributed by atoms with Crippen molar-refractivity contribution in [3.05, 3.63) is 46.4 Å². The third kappa shape index (κ3) is 3.14. The van der Waals surface area contributed by atoms with Gasteiger partial charge in [-0.1, -0.05) is 6.92 Å². The van der Waals surface area contributed by atoms with Gasteiger partial charge in [0.15, 0.2) is 0 Å². The molecular weight excluding hydrogens is 285 g/mol. The van der Waals surface area contributed by atoms with Crippen molar-refractivity contribution >= 4 is 15.9 Å². The maximum absolute atomic E-state index is 13.5. The van der Waals surface area contributed by atoms with Crippen LogP contribution in [0.25, 0.3) is 5.69 Å². The van der Waals surface area contributed by atoms with E-state index in [2.05, 4.69) is 26.3 Å². The molecule has 1 N–H and O–H groups in total. The van der Waals surface area contributed by atoms with Gasteiger partial charge in [-0.25, -0.2) is 9.07 Å². The predicted octanol–water partition coefficient (Wildman–Crippen LogP) is 2.88. The van der Waals surface area contributed by atoms with Crippen molar-refractivity contribution in [1.82, 2.24) is 15.1 Å². The molecular formula is C12H13BrFN3. The first-order chi connectivity index (χ1) is 8.19. The second-order valence-electron chi connectivity index (χ2n) is 3.70. The van der Waals surface area contributed by atoms with Crippen LogP contribution in [0, 0.1) is 5.82 Å². The lowest BCUT2D eigenvalue weighted by Gasteiger charge is -2.06. The lowest BCUT2D eigenvalue weighted by Crippen LogP contribution is -2.12. The van der Waals surface area contributed by atoms with E-state index in [-0.39, 0.29) is 5.82 Å². The maximum Gasteiger partial charge on any atom is 0.125 e. The van der Waals surface area contributed by atoms with Crippen LogP contribution in [0.3, 0.4) is 0 Å². The summed E-state index contributed by atoms with van der Waals surface area (Å²) in [6.45, 7) is 3.54. The Bertz CT molecular complexity index is 510. The van der Waals surface area contributed by atoms with Gasteiger partial charge in [0.1, 0.15) is 5.82 Å². The molecule has 0 atom stereocenters. The van der Waals surface area contributed by atoms with Gasteiger partial charge in [0.25, 0.3) is 0 Å². The summed E-state index contributed by atoms with van der Waals surface area (Å²) in [6, 6.07) is 4.92. The van der Waals surface area contributed by atoms with Crippen molar-refractivity contribution in [1.29, 1.82) is 0 Å². The normalized spacial score (nSPS) is 10.8. The predicted molar refractivity (Wildman–Crippen MR) is 68.6 cm³/mol. The van der Waals surface area contributed by atoms with E-state index in [1.807, 2.05) is 13.0 Å². The van der Waals surface area contributed by atoms with Crippen LogP contribution in [0.2, 0.25) is 0 Å². The number of nitrogens with zero attached hydrogens (tertiary/aromatic N) is 2. The van der Waals surface area contributed by atoms with Crippen LogP contribution in [-0.4, -0.2) is 16.3 Å². The maximum atomic E-state index is 13.5. The Morgan fingerprint density at radius 3 is 2.88 bits per heavy atom. The summed E-state index contributed by atoms with van der Waals surface area (Å²) in [6.07, 6.45) is 3.47. The van der Waals surface area contributed by atoms with Crippen molar-refractivity contribution in [3.8, 4) is 5.69 Å². The van der Waals surface area contributed by atoms with Gasteiger partial charge in [-0.3, -0.25) is 0 Å². The molecule has 17 heavy (non-hydrogen) atoms. The van der Waals surface area contributed by atoms with Crippen molar-refractivity contribution in [3.63, 3.8) is 0 Å². The van der Waals surface area contributed by atoms with Crippen LogP contribution in [-0.2, 0) is 6.54 Å². The van der Waals surface area contributed by atoms with Crippen molar-refractivity contribution in [2.45, 2.75) is 13.5 Å². The first-order valence-electron chi connectivity index (χ1n) is 5.40. The van der Waals surface area contributed by atoms with Gasteiger partial charge in [0.05, 0.1) is 16.4 Å². The summed E-state index contributed by atoms with van der Waals surface area (Å²) in [7, 11) is 0. The SMILES string of the molecule is CCNCc1cc(F)cc(-n2cc(Br)cn2)c1. The molecule has 0 saturated heterocycles. The van der Waals surface area contributed by atoms with E-state index in [4.69, 9.17) is 0 Å². The van der Waals surface area contributed by atoms with Gasteiger partial charge < -0.3 is 5.32 Å². The van der Waals surface area contributed by atoms with E-state index < -0.39 is 0 Å². The van der Waals surface area contributed by atoms with Crippen molar-refractivity contribution < 1.29 is 4.39 Å². The fraction of sp³-hybridized carbons (Fsp3) is 0.250. The molecule has 5 heteroatoms. The molecule has 0 aliphatic heterocycles. The Hall–Kier alpha value is -1.20. The molecule has 0 bridgehead atoms. The number of nitrogens with one attached hydrogen (secondary N) is 1. The van der Waals surface area contributed by atoms with Crippen LogP contribution in [0.5, 0.6) is 0 Å². The van der Waals surface area contributed by atoms with E-state index in [0.29, 0.717) is 6.54 Å². The lowest BCUT2D eigenvalue weighted by atomic mass is 10.2. The molecule has 0 aliphatic carbocycles. The molecule has 0 radical (unpaired) electrons. The highest BCUT2D eigenvalue weighted by atomic mass is 79.9. The highest BCUT2D eigenvalue weighted by molar-refractivity contribution is 9.10. The van der Waals surface area contributed by atoms with Gasteiger partial charge in [0, 0.05) is 12.7 Å². The molecule has 2 aromatic rings. The number of hydrogen-bond acceptors (Lipinski definition) is 2. The van der Waals surface area contributed by atoms with Gasteiger partial charge in [-0.15, -0.1) is 0 Å². The summed E-state index contributed by atoms with van der Waals surface area (Å²) in [5, 5.41) is 7.30. The molecule has 0 amide bonds. The van der Waals surface area contributed by atoms with Gasteiger partial charge >= 0.3 is 0 Å². The van der Waals surface area contributed by atoms with E-state index in [0.717, 1.165) is 22.3 Å². The zero-order valence-electron chi connectivity index (χ0n) is 9.45. The average Bonchev–Trinajstić information content (AvgIpc) is 2.72. The Kier molecular flexibility index (Phi) is 3.91.